The van der Waals surface area contributed by atoms with E-state index in [1.165, 1.54) is 0 Å². The molecule has 150 valence electrons. The smallest absolute Gasteiger partial charge is 0.312 e. The van der Waals surface area contributed by atoms with Crippen molar-refractivity contribution in [3.63, 3.8) is 0 Å². The van der Waals surface area contributed by atoms with Gasteiger partial charge in [-0.2, -0.15) is 0 Å². The number of benzene rings is 1. The average Bonchev–Trinajstić information content (AvgIpc) is 2.70. The fourth-order valence-electron chi connectivity index (χ4n) is 3.97. The minimum absolute atomic E-state index is 0.0776. The third-order valence-electron chi connectivity index (χ3n) is 5.53. The highest BCUT2D eigenvalue weighted by atomic mass is 16.5. The molecule has 0 radical (unpaired) electrons. The second-order valence-corrected chi connectivity index (χ2v) is 7.58. The van der Waals surface area contributed by atoms with E-state index in [0.717, 1.165) is 55.2 Å². The maximum atomic E-state index is 12.9. The molecule has 1 aliphatic rings. The molecule has 2 heterocycles. The summed E-state index contributed by atoms with van der Waals surface area (Å²) in [5, 5.41) is 0. The van der Waals surface area contributed by atoms with E-state index in [9.17, 15) is 4.79 Å². The number of aromatic nitrogens is 1. The fraction of sp³-hybridized carbons (Fsp3) is 0.478. The molecule has 2 aromatic rings. The summed E-state index contributed by atoms with van der Waals surface area (Å²) in [4.78, 5) is 19.9. The number of pyridine rings is 1. The Morgan fingerprint density at radius 2 is 1.93 bits per heavy atom. The van der Waals surface area contributed by atoms with Gasteiger partial charge >= 0.3 is 5.97 Å². The minimum atomic E-state index is -0.473. The number of likely N-dealkylation sites (tertiary alicyclic amines) is 1. The van der Waals surface area contributed by atoms with Gasteiger partial charge in [-0.05, 0) is 76.0 Å². The van der Waals surface area contributed by atoms with Crippen molar-refractivity contribution >= 4 is 5.97 Å². The summed E-state index contributed by atoms with van der Waals surface area (Å²) in [5.74, 6) is 0.741. The van der Waals surface area contributed by atoms with Crippen LogP contribution >= 0.6 is 0 Å². The molecular weight excluding hydrogens is 352 g/mol. The summed E-state index contributed by atoms with van der Waals surface area (Å²) in [6, 6.07) is 14.1. The lowest BCUT2D eigenvalue weighted by Gasteiger charge is -2.40. The van der Waals surface area contributed by atoms with Gasteiger partial charge in [0.15, 0.2) is 0 Å². The number of ether oxygens (including phenoxy) is 2. The summed E-state index contributed by atoms with van der Waals surface area (Å²) in [6.07, 6.45) is 2.25. The van der Waals surface area contributed by atoms with E-state index in [0.29, 0.717) is 13.0 Å². The van der Waals surface area contributed by atoms with Crippen LogP contribution in [0, 0.1) is 12.3 Å². The molecule has 28 heavy (non-hydrogen) atoms. The van der Waals surface area contributed by atoms with Crippen LogP contribution in [0.3, 0.4) is 0 Å². The number of carbonyl (C=O) groups is 1. The molecule has 0 N–H and O–H groups in total. The number of rotatable bonds is 7. The van der Waals surface area contributed by atoms with Crippen molar-refractivity contribution in [2.24, 2.45) is 5.41 Å². The van der Waals surface area contributed by atoms with Gasteiger partial charge in [0.1, 0.15) is 5.75 Å². The molecule has 0 spiro atoms. The van der Waals surface area contributed by atoms with Crippen molar-refractivity contribution in [1.29, 1.82) is 0 Å². The van der Waals surface area contributed by atoms with Gasteiger partial charge in [-0.3, -0.25) is 14.7 Å². The number of hydrogen-bond donors (Lipinski definition) is 0. The van der Waals surface area contributed by atoms with Crippen LogP contribution in [0.25, 0.3) is 0 Å². The standard InChI is InChI=1S/C23H30N2O3/c1-4-28-22(26)23(16-19-8-6-10-21(15-19)27-3)11-13-25(14-12-23)17-20-9-5-7-18(2)24-20/h5-10,15H,4,11-14,16-17H2,1-3H3. The van der Waals surface area contributed by atoms with Crippen LogP contribution < -0.4 is 4.74 Å². The molecule has 0 aliphatic carbocycles. The molecule has 0 saturated carbocycles. The van der Waals surface area contributed by atoms with E-state index in [-0.39, 0.29) is 5.97 Å². The Morgan fingerprint density at radius 3 is 2.61 bits per heavy atom. The summed E-state index contributed by atoms with van der Waals surface area (Å²) < 4.78 is 10.8. The molecule has 0 bridgehead atoms. The molecule has 0 atom stereocenters. The lowest BCUT2D eigenvalue weighted by molar-refractivity contribution is -0.158. The van der Waals surface area contributed by atoms with Gasteiger partial charge in [0.2, 0.25) is 0 Å². The minimum Gasteiger partial charge on any atom is -0.497 e. The zero-order valence-corrected chi connectivity index (χ0v) is 17.1. The van der Waals surface area contributed by atoms with Gasteiger partial charge in [-0.1, -0.05) is 18.2 Å². The lowest BCUT2D eigenvalue weighted by Crippen LogP contribution is -2.46. The van der Waals surface area contributed by atoms with Gasteiger partial charge in [0.25, 0.3) is 0 Å². The second-order valence-electron chi connectivity index (χ2n) is 7.58. The van der Waals surface area contributed by atoms with Crippen molar-refractivity contribution in [2.75, 3.05) is 26.8 Å². The SMILES string of the molecule is CCOC(=O)C1(Cc2cccc(OC)c2)CCN(Cc2cccc(C)n2)CC1. The maximum absolute atomic E-state index is 12.9. The predicted octanol–water partition coefficient (Wildman–Crippen LogP) is 3.79. The number of methoxy groups -OCH3 is 1. The fourth-order valence-corrected chi connectivity index (χ4v) is 3.97. The average molecular weight is 383 g/mol. The first kappa shape index (κ1) is 20.3. The van der Waals surface area contributed by atoms with E-state index in [1.54, 1.807) is 7.11 Å². The maximum Gasteiger partial charge on any atom is 0.312 e. The van der Waals surface area contributed by atoms with Crippen LogP contribution in [0.5, 0.6) is 5.75 Å². The van der Waals surface area contributed by atoms with E-state index < -0.39 is 5.41 Å². The first-order valence-corrected chi connectivity index (χ1v) is 10.00. The van der Waals surface area contributed by atoms with Crippen molar-refractivity contribution in [3.8, 4) is 5.75 Å². The highest BCUT2D eigenvalue weighted by Crippen LogP contribution is 2.37. The number of hydrogen-bond acceptors (Lipinski definition) is 5. The van der Waals surface area contributed by atoms with E-state index >= 15 is 0 Å². The monoisotopic (exact) mass is 382 g/mol. The normalized spacial score (nSPS) is 16.5. The van der Waals surface area contributed by atoms with Crippen LogP contribution in [0.4, 0.5) is 0 Å². The van der Waals surface area contributed by atoms with Crippen molar-refractivity contribution < 1.29 is 14.3 Å². The molecule has 1 aromatic carbocycles. The molecule has 3 rings (SSSR count). The third-order valence-corrected chi connectivity index (χ3v) is 5.53. The van der Waals surface area contributed by atoms with Crippen molar-refractivity contribution in [2.45, 2.75) is 39.7 Å². The van der Waals surface area contributed by atoms with Crippen LogP contribution in [0.2, 0.25) is 0 Å². The Hall–Kier alpha value is -2.40. The van der Waals surface area contributed by atoms with Crippen LogP contribution in [-0.4, -0.2) is 42.7 Å². The molecule has 1 aliphatic heterocycles. The van der Waals surface area contributed by atoms with Gasteiger partial charge in [-0.25, -0.2) is 0 Å². The highest BCUT2D eigenvalue weighted by Gasteiger charge is 2.42. The first-order valence-electron chi connectivity index (χ1n) is 10.00. The Kier molecular flexibility index (Phi) is 6.68. The predicted molar refractivity (Wildman–Crippen MR) is 109 cm³/mol. The van der Waals surface area contributed by atoms with Crippen LogP contribution in [0.15, 0.2) is 42.5 Å². The van der Waals surface area contributed by atoms with E-state index in [2.05, 4.69) is 22.0 Å². The quantitative estimate of drug-likeness (QED) is 0.682. The van der Waals surface area contributed by atoms with E-state index in [4.69, 9.17) is 9.47 Å². The Morgan fingerprint density at radius 1 is 1.18 bits per heavy atom. The van der Waals surface area contributed by atoms with Crippen LogP contribution in [0.1, 0.15) is 36.7 Å². The molecule has 1 saturated heterocycles. The molecule has 1 fully saturated rings. The summed E-state index contributed by atoms with van der Waals surface area (Å²) in [5.41, 5.74) is 2.75. The van der Waals surface area contributed by atoms with Gasteiger partial charge in [0.05, 0.1) is 24.8 Å². The molecule has 1 aromatic heterocycles. The lowest BCUT2D eigenvalue weighted by atomic mass is 9.73. The zero-order valence-electron chi connectivity index (χ0n) is 17.1. The van der Waals surface area contributed by atoms with E-state index in [1.807, 2.05) is 44.2 Å². The molecular formula is C23H30N2O3. The number of piperidine rings is 1. The number of carbonyl (C=O) groups excluding carboxylic acids is 1. The topological polar surface area (TPSA) is 51.7 Å². The molecule has 0 unspecified atom stereocenters. The number of esters is 1. The highest BCUT2D eigenvalue weighted by molar-refractivity contribution is 5.77. The molecule has 5 nitrogen and oxygen atoms in total. The zero-order chi connectivity index (χ0) is 20.0. The molecule has 5 heteroatoms. The Balaban J connectivity index is 1.72. The summed E-state index contributed by atoms with van der Waals surface area (Å²) in [6.45, 7) is 6.83. The van der Waals surface area contributed by atoms with Gasteiger partial charge < -0.3 is 9.47 Å². The Labute approximate surface area is 167 Å². The van der Waals surface area contributed by atoms with Crippen molar-refractivity contribution in [3.05, 3.63) is 59.4 Å². The number of nitrogens with zero attached hydrogens (tertiary/aromatic N) is 2. The van der Waals surface area contributed by atoms with Gasteiger partial charge in [-0.15, -0.1) is 0 Å². The first-order chi connectivity index (χ1) is 13.5. The second kappa shape index (κ2) is 9.20. The molecule has 0 amide bonds. The largest absolute Gasteiger partial charge is 0.497 e. The number of aryl methyl sites for hydroxylation is 1. The van der Waals surface area contributed by atoms with Crippen LogP contribution in [-0.2, 0) is 22.5 Å². The summed E-state index contributed by atoms with van der Waals surface area (Å²) in [7, 11) is 1.66. The van der Waals surface area contributed by atoms with Gasteiger partial charge in [0, 0.05) is 12.2 Å². The summed E-state index contributed by atoms with van der Waals surface area (Å²) >= 11 is 0. The Bertz CT molecular complexity index is 798. The third kappa shape index (κ3) is 4.90. The van der Waals surface area contributed by atoms with Crippen molar-refractivity contribution in [1.82, 2.24) is 9.88 Å².